The van der Waals surface area contributed by atoms with Crippen molar-refractivity contribution in [2.24, 2.45) is 5.92 Å². The molecule has 1 aliphatic rings. The minimum absolute atomic E-state index is 0.130. The molecule has 3 N–H and O–H groups in total. The van der Waals surface area contributed by atoms with Crippen molar-refractivity contribution in [2.75, 3.05) is 11.9 Å². The van der Waals surface area contributed by atoms with Gasteiger partial charge in [-0.05, 0) is 37.3 Å². The van der Waals surface area contributed by atoms with E-state index in [2.05, 4.69) is 10.6 Å². The molecule has 1 aromatic carbocycles. The first-order valence-electron chi connectivity index (χ1n) is 7.91. The van der Waals surface area contributed by atoms with Crippen LogP contribution >= 0.6 is 0 Å². The Balaban J connectivity index is 1.79. The first-order chi connectivity index (χ1) is 10.6. The molecular weight excluding hydrogens is 280 g/mol. The summed E-state index contributed by atoms with van der Waals surface area (Å²) in [6.45, 7) is 1.99. The first kappa shape index (κ1) is 16.5. The maximum Gasteiger partial charge on any atom is 0.313 e. The van der Waals surface area contributed by atoms with Crippen molar-refractivity contribution >= 4 is 17.5 Å². The van der Waals surface area contributed by atoms with Crippen molar-refractivity contribution in [3.05, 3.63) is 29.8 Å². The van der Waals surface area contributed by atoms with Crippen LogP contribution in [0.15, 0.2) is 24.3 Å². The number of hydrogen-bond donors (Lipinski definition) is 3. The van der Waals surface area contributed by atoms with Gasteiger partial charge in [-0.2, -0.15) is 0 Å². The Labute approximate surface area is 131 Å². The summed E-state index contributed by atoms with van der Waals surface area (Å²) in [6, 6.07) is 7.27. The van der Waals surface area contributed by atoms with Crippen LogP contribution in [0.4, 0.5) is 5.69 Å². The third kappa shape index (κ3) is 4.56. The van der Waals surface area contributed by atoms with Gasteiger partial charge < -0.3 is 15.7 Å². The smallest absolute Gasteiger partial charge is 0.313 e. The molecule has 0 radical (unpaired) electrons. The molecule has 1 aliphatic carbocycles. The molecule has 5 nitrogen and oxygen atoms in total. The second-order valence-corrected chi connectivity index (χ2v) is 5.94. The van der Waals surface area contributed by atoms with Crippen molar-refractivity contribution in [1.29, 1.82) is 0 Å². The van der Waals surface area contributed by atoms with Crippen LogP contribution in [0.1, 0.15) is 37.7 Å². The molecule has 1 unspecified atom stereocenters. The van der Waals surface area contributed by atoms with Gasteiger partial charge in [0.1, 0.15) is 0 Å². The van der Waals surface area contributed by atoms with Crippen molar-refractivity contribution in [2.45, 2.75) is 45.1 Å². The molecule has 1 atom stereocenters. The lowest BCUT2D eigenvalue weighted by Gasteiger charge is -2.26. The third-order valence-electron chi connectivity index (χ3n) is 4.27. The van der Waals surface area contributed by atoms with E-state index in [4.69, 9.17) is 0 Å². The number of carbonyl (C=O) groups excluding carboxylic acids is 2. The summed E-state index contributed by atoms with van der Waals surface area (Å²) in [5.74, 6) is -1.18. The predicted molar refractivity (Wildman–Crippen MR) is 85.4 cm³/mol. The molecule has 1 fully saturated rings. The lowest BCUT2D eigenvalue weighted by Crippen LogP contribution is -2.42. The maximum atomic E-state index is 11.8. The van der Waals surface area contributed by atoms with Crippen molar-refractivity contribution in [3.63, 3.8) is 0 Å². The molecule has 0 saturated heterocycles. The molecule has 1 aromatic rings. The largest absolute Gasteiger partial charge is 0.391 e. The zero-order valence-electron chi connectivity index (χ0n) is 13.0. The molecular formula is C17H24N2O3. The predicted octanol–water partition coefficient (Wildman–Crippen LogP) is 1.99. The lowest BCUT2D eigenvalue weighted by molar-refractivity contribution is -0.136. The van der Waals surface area contributed by atoms with Crippen LogP contribution in [0.2, 0.25) is 0 Å². The number of aliphatic hydroxyl groups excluding tert-OH is 1. The summed E-state index contributed by atoms with van der Waals surface area (Å²) in [4.78, 5) is 23.7. The van der Waals surface area contributed by atoms with E-state index in [9.17, 15) is 14.7 Å². The molecule has 120 valence electrons. The van der Waals surface area contributed by atoms with Gasteiger partial charge in [0.05, 0.1) is 6.10 Å². The van der Waals surface area contributed by atoms with Gasteiger partial charge in [-0.3, -0.25) is 9.59 Å². The number of carbonyl (C=O) groups is 2. The van der Waals surface area contributed by atoms with Crippen LogP contribution in [-0.4, -0.2) is 29.6 Å². The second kappa shape index (κ2) is 7.94. The summed E-state index contributed by atoms with van der Waals surface area (Å²) < 4.78 is 0. The molecule has 2 amide bonds. The van der Waals surface area contributed by atoms with E-state index in [0.717, 1.165) is 31.2 Å². The Hall–Kier alpha value is -1.88. The van der Waals surface area contributed by atoms with E-state index in [1.807, 2.05) is 19.1 Å². The van der Waals surface area contributed by atoms with E-state index in [-0.39, 0.29) is 12.5 Å². The highest BCUT2D eigenvalue weighted by atomic mass is 16.3. The van der Waals surface area contributed by atoms with Gasteiger partial charge in [0.2, 0.25) is 0 Å². The van der Waals surface area contributed by atoms with Gasteiger partial charge in [0.25, 0.3) is 0 Å². The number of rotatable bonds is 4. The summed E-state index contributed by atoms with van der Waals surface area (Å²) in [6.07, 6.45) is 4.88. The standard InChI is InChI=1S/C17H24N2O3/c1-12-7-5-6-10-14(12)19-17(22)16(21)18-11-15(20)13-8-3-2-4-9-13/h5-7,10,13,15,20H,2-4,8-9,11H2,1H3,(H,18,21)(H,19,22). The van der Waals surface area contributed by atoms with E-state index in [1.165, 1.54) is 6.42 Å². The fraction of sp³-hybridized carbons (Fsp3) is 0.529. The van der Waals surface area contributed by atoms with Crippen molar-refractivity contribution < 1.29 is 14.7 Å². The molecule has 0 spiro atoms. The highest BCUT2D eigenvalue weighted by Crippen LogP contribution is 2.26. The van der Waals surface area contributed by atoms with Gasteiger partial charge >= 0.3 is 11.8 Å². The van der Waals surface area contributed by atoms with Crippen molar-refractivity contribution in [3.8, 4) is 0 Å². The quantitative estimate of drug-likeness (QED) is 0.744. The SMILES string of the molecule is Cc1ccccc1NC(=O)C(=O)NCC(O)C1CCCCC1. The van der Waals surface area contributed by atoms with Crippen LogP contribution in [0.5, 0.6) is 0 Å². The number of amides is 2. The minimum Gasteiger partial charge on any atom is -0.391 e. The highest BCUT2D eigenvalue weighted by Gasteiger charge is 2.23. The van der Waals surface area contributed by atoms with E-state index in [0.29, 0.717) is 5.69 Å². The molecule has 1 saturated carbocycles. The minimum atomic E-state index is -0.710. The van der Waals surface area contributed by atoms with E-state index in [1.54, 1.807) is 12.1 Å². The van der Waals surface area contributed by atoms with E-state index < -0.39 is 17.9 Å². The molecule has 2 rings (SSSR count). The topological polar surface area (TPSA) is 78.4 Å². The lowest BCUT2D eigenvalue weighted by atomic mass is 9.85. The molecule has 0 aromatic heterocycles. The molecule has 5 heteroatoms. The average molecular weight is 304 g/mol. The first-order valence-corrected chi connectivity index (χ1v) is 7.91. The van der Waals surface area contributed by atoms with Gasteiger partial charge in [0.15, 0.2) is 0 Å². The summed E-state index contributed by atoms with van der Waals surface area (Å²) in [5.41, 5.74) is 1.52. The number of benzene rings is 1. The summed E-state index contributed by atoms with van der Waals surface area (Å²) in [5, 5.41) is 15.2. The van der Waals surface area contributed by atoms with E-state index >= 15 is 0 Å². The Morgan fingerprint density at radius 2 is 1.86 bits per heavy atom. The van der Waals surface area contributed by atoms with Gasteiger partial charge in [0, 0.05) is 12.2 Å². The summed E-state index contributed by atoms with van der Waals surface area (Å²) in [7, 11) is 0. The van der Waals surface area contributed by atoms with Crippen LogP contribution in [0, 0.1) is 12.8 Å². The maximum absolute atomic E-state index is 11.8. The third-order valence-corrected chi connectivity index (χ3v) is 4.27. The number of hydrogen-bond acceptors (Lipinski definition) is 3. The van der Waals surface area contributed by atoms with Gasteiger partial charge in [-0.1, -0.05) is 37.5 Å². The fourth-order valence-electron chi connectivity index (χ4n) is 2.86. The number of aryl methyl sites for hydroxylation is 1. The van der Waals surface area contributed by atoms with Gasteiger partial charge in [-0.15, -0.1) is 0 Å². The normalized spacial score (nSPS) is 16.8. The Kier molecular flexibility index (Phi) is 5.95. The summed E-state index contributed by atoms with van der Waals surface area (Å²) >= 11 is 0. The highest BCUT2D eigenvalue weighted by molar-refractivity contribution is 6.39. The fourth-order valence-corrected chi connectivity index (χ4v) is 2.86. The number of nitrogens with one attached hydrogen (secondary N) is 2. The number of anilines is 1. The van der Waals surface area contributed by atoms with Crippen LogP contribution in [0.3, 0.4) is 0 Å². The molecule has 0 aliphatic heterocycles. The van der Waals surface area contributed by atoms with Crippen LogP contribution < -0.4 is 10.6 Å². The Bertz CT molecular complexity index is 524. The Morgan fingerprint density at radius 1 is 1.18 bits per heavy atom. The number of aliphatic hydroxyl groups is 1. The molecule has 0 bridgehead atoms. The Morgan fingerprint density at radius 3 is 2.55 bits per heavy atom. The average Bonchev–Trinajstić information content (AvgIpc) is 2.55. The van der Waals surface area contributed by atoms with Crippen LogP contribution in [0.25, 0.3) is 0 Å². The number of para-hydroxylation sites is 1. The second-order valence-electron chi connectivity index (χ2n) is 5.94. The van der Waals surface area contributed by atoms with Crippen LogP contribution in [-0.2, 0) is 9.59 Å². The zero-order valence-corrected chi connectivity index (χ0v) is 13.0. The van der Waals surface area contributed by atoms with Crippen molar-refractivity contribution in [1.82, 2.24) is 5.32 Å². The van der Waals surface area contributed by atoms with Gasteiger partial charge in [-0.25, -0.2) is 0 Å². The monoisotopic (exact) mass is 304 g/mol. The zero-order chi connectivity index (χ0) is 15.9. The molecule has 0 heterocycles. The molecule has 22 heavy (non-hydrogen) atoms.